The Balaban J connectivity index is 2.18. The first kappa shape index (κ1) is 11.0. The van der Waals surface area contributed by atoms with Gasteiger partial charge in [-0.3, -0.25) is 0 Å². The van der Waals surface area contributed by atoms with Gasteiger partial charge in [0.05, 0.1) is 0 Å². The maximum absolute atomic E-state index is 2.59. The van der Waals surface area contributed by atoms with E-state index in [1.165, 1.54) is 45.4 Å². The van der Waals surface area contributed by atoms with Gasteiger partial charge in [0.15, 0.2) is 0 Å². The van der Waals surface area contributed by atoms with E-state index in [2.05, 4.69) is 30.7 Å². The van der Waals surface area contributed by atoms with Crippen molar-refractivity contribution >= 4 is 0 Å². The monoisotopic (exact) mass is 184 g/mol. The molecule has 1 rings (SSSR count). The molecule has 1 fully saturated rings. The molecule has 2 nitrogen and oxygen atoms in total. The van der Waals surface area contributed by atoms with Crippen LogP contribution in [0.3, 0.4) is 0 Å². The molecular formula is C11H24N2. The van der Waals surface area contributed by atoms with Gasteiger partial charge in [-0.15, -0.1) is 0 Å². The molecule has 0 aromatic carbocycles. The molecule has 0 bridgehead atoms. The molecule has 0 saturated carbocycles. The molecule has 0 spiro atoms. The minimum atomic E-state index is 0.720. The molecule has 1 heterocycles. The molecule has 0 radical (unpaired) electrons. The molecule has 0 N–H and O–H groups in total. The molecule has 0 aliphatic carbocycles. The number of rotatable bonds is 5. The van der Waals surface area contributed by atoms with Crippen LogP contribution in [0.2, 0.25) is 0 Å². The summed E-state index contributed by atoms with van der Waals surface area (Å²) in [7, 11) is 2.24. The third-order valence-electron chi connectivity index (χ3n) is 3.05. The summed E-state index contributed by atoms with van der Waals surface area (Å²) < 4.78 is 0. The summed E-state index contributed by atoms with van der Waals surface area (Å²) in [5, 5.41) is 0. The first-order valence-electron chi connectivity index (χ1n) is 5.66. The van der Waals surface area contributed by atoms with Gasteiger partial charge < -0.3 is 9.80 Å². The standard InChI is InChI=1S/C11H24N2/c1-4-7-12(3)11(2)10-13-8-5-6-9-13/h11H,4-10H2,1-3H3/t11-/m1/s1. The van der Waals surface area contributed by atoms with E-state index in [-0.39, 0.29) is 0 Å². The van der Waals surface area contributed by atoms with Crippen molar-refractivity contribution in [2.24, 2.45) is 0 Å². The van der Waals surface area contributed by atoms with E-state index in [0.29, 0.717) is 0 Å². The number of likely N-dealkylation sites (N-methyl/N-ethyl adjacent to an activating group) is 1. The van der Waals surface area contributed by atoms with Crippen LogP contribution in [0.1, 0.15) is 33.1 Å². The summed E-state index contributed by atoms with van der Waals surface area (Å²) >= 11 is 0. The van der Waals surface area contributed by atoms with E-state index < -0.39 is 0 Å². The Morgan fingerprint density at radius 3 is 2.46 bits per heavy atom. The molecule has 1 atom stereocenters. The predicted molar refractivity (Wildman–Crippen MR) is 58.1 cm³/mol. The zero-order valence-electron chi connectivity index (χ0n) is 9.42. The fraction of sp³-hybridized carbons (Fsp3) is 1.00. The van der Waals surface area contributed by atoms with E-state index in [1.54, 1.807) is 0 Å². The van der Waals surface area contributed by atoms with E-state index in [9.17, 15) is 0 Å². The summed E-state index contributed by atoms with van der Waals surface area (Å²) in [6.07, 6.45) is 4.08. The fourth-order valence-electron chi connectivity index (χ4n) is 2.05. The van der Waals surface area contributed by atoms with Crippen molar-refractivity contribution in [1.82, 2.24) is 9.80 Å². The van der Waals surface area contributed by atoms with Gasteiger partial charge in [-0.2, -0.15) is 0 Å². The Bertz CT molecular complexity index is 130. The summed E-state index contributed by atoms with van der Waals surface area (Å²) in [5.41, 5.74) is 0. The first-order chi connectivity index (χ1) is 6.24. The van der Waals surface area contributed by atoms with Gasteiger partial charge in [0.1, 0.15) is 0 Å². The van der Waals surface area contributed by atoms with Crippen LogP contribution < -0.4 is 0 Å². The van der Waals surface area contributed by atoms with Gasteiger partial charge in [-0.1, -0.05) is 6.92 Å². The zero-order chi connectivity index (χ0) is 9.68. The second kappa shape index (κ2) is 5.61. The third-order valence-corrected chi connectivity index (χ3v) is 3.05. The Morgan fingerprint density at radius 2 is 1.92 bits per heavy atom. The van der Waals surface area contributed by atoms with Crippen LogP contribution in [0.4, 0.5) is 0 Å². The number of nitrogens with zero attached hydrogens (tertiary/aromatic N) is 2. The van der Waals surface area contributed by atoms with Crippen LogP contribution in [0.25, 0.3) is 0 Å². The SMILES string of the molecule is CCCN(C)[C@H](C)CN1CCCC1. The summed E-state index contributed by atoms with van der Waals surface area (Å²) in [5.74, 6) is 0. The Kier molecular flexibility index (Phi) is 4.74. The van der Waals surface area contributed by atoms with Gasteiger partial charge in [-0.05, 0) is 52.9 Å². The molecule has 0 unspecified atom stereocenters. The maximum atomic E-state index is 2.59. The molecule has 2 heteroatoms. The average molecular weight is 184 g/mol. The predicted octanol–water partition coefficient (Wildman–Crippen LogP) is 1.81. The molecule has 78 valence electrons. The molecular weight excluding hydrogens is 160 g/mol. The minimum Gasteiger partial charge on any atom is -0.302 e. The Labute approximate surface area is 82.9 Å². The fourth-order valence-corrected chi connectivity index (χ4v) is 2.05. The zero-order valence-corrected chi connectivity index (χ0v) is 9.42. The van der Waals surface area contributed by atoms with Crippen molar-refractivity contribution in [2.75, 3.05) is 33.2 Å². The van der Waals surface area contributed by atoms with Crippen molar-refractivity contribution in [1.29, 1.82) is 0 Å². The van der Waals surface area contributed by atoms with Gasteiger partial charge in [0.2, 0.25) is 0 Å². The molecule has 0 aromatic rings. The van der Waals surface area contributed by atoms with Gasteiger partial charge in [-0.25, -0.2) is 0 Å². The third kappa shape index (κ3) is 3.65. The summed E-state index contributed by atoms with van der Waals surface area (Å²) in [4.78, 5) is 5.06. The number of likely N-dealkylation sites (tertiary alicyclic amines) is 1. The molecule has 0 aromatic heterocycles. The van der Waals surface area contributed by atoms with E-state index in [0.717, 1.165) is 6.04 Å². The highest BCUT2D eigenvalue weighted by Gasteiger charge is 2.16. The minimum absolute atomic E-state index is 0.720. The number of hydrogen-bond donors (Lipinski definition) is 0. The summed E-state index contributed by atoms with van der Waals surface area (Å²) in [6, 6.07) is 0.720. The lowest BCUT2D eigenvalue weighted by Gasteiger charge is -2.28. The molecule has 1 aliphatic rings. The van der Waals surface area contributed by atoms with Gasteiger partial charge in [0.25, 0.3) is 0 Å². The van der Waals surface area contributed by atoms with Crippen molar-refractivity contribution in [2.45, 2.75) is 39.2 Å². The van der Waals surface area contributed by atoms with Crippen LogP contribution in [0.5, 0.6) is 0 Å². The van der Waals surface area contributed by atoms with Crippen LogP contribution in [0, 0.1) is 0 Å². The van der Waals surface area contributed by atoms with Crippen molar-refractivity contribution in [3.05, 3.63) is 0 Å². The quantitative estimate of drug-likeness (QED) is 0.643. The molecule has 13 heavy (non-hydrogen) atoms. The molecule has 1 aliphatic heterocycles. The van der Waals surface area contributed by atoms with Crippen molar-refractivity contribution < 1.29 is 0 Å². The maximum Gasteiger partial charge on any atom is 0.0191 e. The Morgan fingerprint density at radius 1 is 1.31 bits per heavy atom. The van der Waals surface area contributed by atoms with E-state index >= 15 is 0 Å². The topological polar surface area (TPSA) is 6.48 Å². The highest BCUT2D eigenvalue weighted by atomic mass is 15.2. The van der Waals surface area contributed by atoms with E-state index in [4.69, 9.17) is 0 Å². The average Bonchev–Trinajstić information content (AvgIpc) is 2.57. The second-order valence-electron chi connectivity index (χ2n) is 4.34. The smallest absolute Gasteiger partial charge is 0.0191 e. The van der Waals surface area contributed by atoms with Gasteiger partial charge >= 0.3 is 0 Å². The summed E-state index contributed by atoms with van der Waals surface area (Å²) in [6.45, 7) is 9.73. The van der Waals surface area contributed by atoms with Crippen LogP contribution >= 0.6 is 0 Å². The number of hydrogen-bond acceptors (Lipinski definition) is 2. The van der Waals surface area contributed by atoms with Crippen LogP contribution in [0.15, 0.2) is 0 Å². The lowest BCUT2D eigenvalue weighted by Crippen LogP contribution is -2.39. The highest BCUT2D eigenvalue weighted by molar-refractivity contribution is 4.73. The molecule has 0 amide bonds. The van der Waals surface area contributed by atoms with Gasteiger partial charge in [0, 0.05) is 12.6 Å². The van der Waals surface area contributed by atoms with E-state index in [1.807, 2.05) is 0 Å². The Hall–Kier alpha value is -0.0800. The lowest BCUT2D eigenvalue weighted by atomic mass is 10.2. The highest BCUT2D eigenvalue weighted by Crippen LogP contribution is 2.09. The largest absolute Gasteiger partial charge is 0.302 e. The van der Waals surface area contributed by atoms with Crippen LogP contribution in [-0.4, -0.2) is 49.1 Å². The normalized spacial score (nSPS) is 21.2. The first-order valence-corrected chi connectivity index (χ1v) is 5.66. The van der Waals surface area contributed by atoms with Crippen molar-refractivity contribution in [3.63, 3.8) is 0 Å². The second-order valence-corrected chi connectivity index (χ2v) is 4.34. The lowest BCUT2D eigenvalue weighted by molar-refractivity contribution is 0.192. The van der Waals surface area contributed by atoms with Crippen LogP contribution in [-0.2, 0) is 0 Å². The van der Waals surface area contributed by atoms with Crippen molar-refractivity contribution in [3.8, 4) is 0 Å². The molecule has 1 saturated heterocycles.